The highest BCUT2D eigenvalue weighted by molar-refractivity contribution is 5.54. The molecular weight excluding hydrogens is 176 g/mol. The zero-order valence-electron chi connectivity index (χ0n) is 8.29. The summed E-state index contributed by atoms with van der Waals surface area (Å²) in [6, 6.07) is 3.88. The second-order valence-electron chi connectivity index (χ2n) is 4.24. The van der Waals surface area contributed by atoms with Crippen LogP contribution in [0.3, 0.4) is 0 Å². The van der Waals surface area contributed by atoms with E-state index in [9.17, 15) is 0 Å². The average molecular weight is 190 g/mol. The fourth-order valence-electron chi connectivity index (χ4n) is 2.31. The summed E-state index contributed by atoms with van der Waals surface area (Å²) in [5, 5.41) is 3.52. The van der Waals surface area contributed by atoms with E-state index in [1.807, 2.05) is 12.1 Å². The molecule has 74 valence electrons. The zero-order chi connectivity index (χ0) is 9.60. The second-order valence-corrected chi connectivity index (χ2v) is 4.24. The largest absolute Gasteiger partial charge is 0.484 e. The predicted octanol–water partition coefficient (Wildman–Crippen LogP) is 2.20. The standard InChI is InChI=1S/C11H14N2O/c1-8-11(5-3-6-11)13-10-9(14-8)4-2-7-12-10/h2,4,7-8H,3,5-6H2,1H3,(H,12,13). The van der Waals surface area contributed by atoms with Gasteiger partial charge in [0.15, 0.2) is 11.6 Å². The first-order valence-electron chi connectivity index (χ1n) is 5.20. The topological polar surface area (TPSA) is 34.1 Å². The van der Waals surface area contributed by atoms with Crippen molar-refractivity contribution in [1.29, 1.82) is 0 Å². The lowest BCUT2D eigenvalue weighted by Crippen LogP contribution is -2.57. The lowest BCUT2D eigenvalue weighted by molar-refractivity contribution is 0.0712. The minimum absolute atomic E-state index is 0.168. The second kappa shape index (κ2) is 2.62. The van der Waals surface area contributed by atoms with Gasteiger partial charge in [-0.1, -0.05) is 0 Å². The number of hydrogen-bond acceptors (Lipinski definition) is 3. The van der Waals surface area contributed by atoms with Crippen molar-refractivity contribution < 1.29 is 4.74 Å². The fourth-order valence-corrected chi connectivity index (χ4v) is 2.31. The van der Waals surface area contributed by atoms with Crippen molar-refractivity contribution in [1.82, 2.24) is 4.98 Å². The molecule has 1 aromatic rings. The molecule has 0 bridgehead atoms. The number of nitrogens with zero attached hydrogens (tertiary/aromatic N) is 1. The highest BCUT2D eigenvalue weighted by atomic mass is 16.5. The van der Waals surface area contributed by atoms with Gasteiger partial charge in [-0.25, -0.2) is 4.98 Å². The SMILES string of the molecule is CC1Oc2cccnc2NC12CCC2. The van der Waals surface area contributed by atoms with E-state index in [1.54, 1.807) is 6.20 Å². The lowest BCUT2D eigenvalue weighted by Gasteiger charge is -2.49. The molecule has 3 nitrogen and oxygen atoms in total. The van der Waals surface area contributed by atoms with E-state index in [2.05, 4.69) is 17.2 Å². The van der Waals surface area contributed by atoms with Gasteiger partial charge >= 0.3 is 0 Å². The molecule has 1 aromatic heterocycles. The summed E-state index contributed by atoms with van der Waals surface area (Å²) in [7, 11) is 0. The number of anilines is 1. The number of nitrogens with one attached hydrogen (secondary N) is 1. The van der Waals surface area contributed by atoms with E-state index in [0.29, 0.717) is 0 Å². The van der Waals surface area contributed by atoms with Gasteiger partial charge in [-0.3, -0.25) is 0 Å². The van der Waals surface area contributed by atoms with Gasteiger partial charge in [0, 0.05) is 6.20 Å². The Kier molecular flexibility index (Phi) is 1.52. The molecule has 2 aliphatic rings. The number of hydrogen-bond donors (Lipinski definition) is 1. The van der Waals surface area contributed by atoms with Crippen molar-refractivity contribution in [3.8, 4) is 5.75 Å². The van der Waals surface area contributed by atoms with E-state index in [0.717, 1.165) is 11.6 Å². The Balaban J connectivity index is 1.98. The van der Waals surface area contributed by atoms with E-state index >= 15 is 0 Å². The minimum atomic E-state index is 0.168. The number of pyridine rings is 1. The molecule has 0 aromatic carbocycles. The van der Waals surface area contributed by atoms with Gasteiger partial charge in [-0.2, -0.15) is 0 Å². The van der Waals surface area contributed by atoms with Gasteiger partial charge in [0.1, 0.15) is 6.10 Å². The molecule has 0 saturated heterocycles. The van der Waals surface area contributed by atoms with Gasteiger partial charge < -0.3 is 10.1 Å². The van der Waals surface area contributed by atoms with Crippen molar-refractivity contribution >= 4 is 5.82 Å². The minimum Gasteiger partial charge on any atom is -0.484 e. The maximum absolute atomic E-state index is 5.86. The van der Waals surface area contributed by atoms with Crippen LogP contribution in [-0.4, -0.2) is 16.6 Å². The highest BCUT2D eigenvalue weighted by Gasteiger charge is 2.46. The first kappa shape index (κ1) is 8.09. The van der Waals surface area contributed by atoms with Gasteiger partial charge in [0.05, 0.1) is 5.54 Å². The Morgan fingerprint density at radius 3 is 3.14 bits per heavy atom. The molecule has 1 N–H and O–H groups in total. The summed E-state index contributed by atoms with van der Waals surface area (Å²) < 4.78 is 5.86. The monoisotopic (exact) mass is 190 g/mol. The number of fused-ring (bicyclic) bond motifs is 1. The summed E-state index contributed by atoms with van der Waals surface area (Å²) in [5.41, 5.74) is 0.168. The van der Waals surface area contributed by atoms with Crippen LogP contribution in [-0.2, 0) is 0 Å². The van der Waals surface area contributed by atoms with Crippen LogP contribution in [0, 0.1) is 0 Å². The van der Waals surface area contributed by atoms with E-state index in [-0.39, 0.29) is 11.6 Å². The van der Waals surface area contributed by atoms with Crippen LogP contribution in [0.1, 0.15) is 26.2 Å². The quantitative estimate of drug-likeness (QED) is 0.681. The highest BCUT2D eigenvalue weighted by Crippen LogP contribution is 2.44. The molecule has 0 amide bonds. The first-order chi connectivity index (χ1) is 6.80. The number of aromatic nitrogens is 1. The molecule has 3 heteroatoms. The third-order valence-corrected chi connectivity index (χ3v) is 3.47. The van der Waals surface area contributed by atoms with E-state index in [4.69, 9.17) is 4.74 Å². The summed E-state index contributed by atoms with van der Waals surface area (Å²) in [4.78, 5) is 4.29. The maximum Gasteiger partial charge on any atom is 0.169 e. The van der Waals surface area contributed by atoms with Crippen LogP contribution < -0.4 is 10.1 Å². The molecule has 1 aliphatic heterocycles. The number of rotatable bonds is 0. The Labute approximate surface area is 83.5 Å². The Bertz CT molecular complexity index is 360. The Morgan fingerprint density at radius 2 is 2.43 bits per heavy atom. The van der Waals surface area contributed by atoms with Crippen molar-refractivity contribution in [3.05, 3.63) is 18.3 Å². The van der Waals surface area contributed by atoms with Crippen LogP contribution in [0.25, 0.3) is 0 Å². The van der Waals surface area contributed by atoms with Crippen LogP contribution in [0.15, 0.2) is 18.3 Å². The molecule has 1 unspecified atom stereocenters. The van der Waals surface area contributed by atoms with Crippen molar-refractivity contribution in [2.24, 2.45) is 0 Å². The summed E-state index contributed by atoms with van der Waals surface area (Å²) >= 11 is 0. The van der Waals surface area contributed by atoms with Crippen LogP contribution in [0.2, 0.25) is 0 Å². The van der Waals surface area contributed by atoms with Crippen LogP contribution >= 0.6 is 0 Å². The molecule has 1 aliphatic carbocycles. The Morgan fingerprint density at radius 1 is 1.57 bits per heavy atom. The van der Waals surface area contributed by atoms with E-state index in [1.165, 1.54) is 19.3 Å². The molecule has 2 heterocycles. The van der Waals surface area contributed by atoms with Crippen molar-refractivity contribution in [2.75, 3.05) is 5.32 Å². The van der Waals surface area contributed by atoms with Crippen molar-refractivity contribution in [2.45, 2.75) is 37.8 Å². The first-order valence-corrected chi connectivity index (χ1v) is 5.20. The fraction of sp³-hybridized carbons (Fsp3) is 0.545. The molecule has 0 radical (unpaired) electrons. The molecule has 1 atom stereocenters. The summed E-state index contributed by atoms with van der Waals surface area (Å²) in [6.07, 6.45) is 5.75. The van der Waals surface area contributed by atoms with Gasteiger partial charge in [0.2, 0.25) is 0 Å². The smallest absolute Gasteiger partial charge is 0.169 e. The maximum atomic E-state index is 5.86. The van der Waals surface area contributed by atoms with E-state index < -0.39 is 0 Å². The zero-order valence-corrected chi connectivity index (χ0v) is 8.29. The normalized spacial score (nSPS) is 27.1. The molecule has 3 rings (SSSR count). The van der Waals surface area contributed by atoms with Crippen molar-refractivity contribution in [3.63, 3.8) is 0 Å². The Hall–Kier alpha value is -1.25. The third kappa shape index (κ3) is 0.953. The molecule has 1 fully saturated rings. The van der Waals surface area contributed by atoms with Crippen LogP contribution in [0.4, 0.5) is 5.82 Å². The average Bonchev–Trinajstić information content (AvgIpc) is 2.14. The molecular formula is C11H14N2O. The molecule has 1 spiro atoms. The molecule has 1 saturated carbocycles. The lowest BCUT2D eigenvalue weighted by atomic mass is 9.72. The summed E-state index contributed by atoms with van der Waals surface area (Å²) in [6.45, 7) is 2.14. The van der Waals surface area contributed by atoms with Gasteiger partial charge in [-0.05, 0) is 38.3 Å². The van der Waals surface area contributed by atoms with Gasteiger partial charge in [-0.15, -0.1) is 0 Å². The predicted molar refractivity (Wildman–Crippen MR) is 54.5 cm³/mol. The van der Waals surface area contributed by atoms with Crippen LogP contribution in [0.5, 0.6) is 5.75 Å². The summed E-state index contributed by atoms with van der Waals surface area (Å²) in [5.74, 6) is 1.79. The molecule has 14 heavy (non-hydrogen) atoms. The van der Waals surface area contributed by atoms with Gasteiger partial charge in [0.25, 0.3) is 0 Å². The third-order valence-electron chi connectivity index (χ3n) is 3.47. The number of ether oxygens (including phenoxy) is 1.